The summed E-state index contributed by atoms with van der Waals surface area (Å²) in [4.78, 5) is 66.4. The van der Waals surface area contributed by atoms with Gasteiger partial charge in [0.15, 0.2) is 0 Å². The van der Waals surface area contributed by atoms with Gasteiger partial charge in [0.05, 0.1) is 41.7 Å². The Morgan fingerprint density at radius 1 is 0.887 bits per heavy atom. The highest BCUT2D eigenvalue weighted by Crippen LogP contribution is 2.44. The minimum atomic E-state index is -1.24. The number of carbonyl (C=O) groups is 4. The van der Waals surface area contributed by atoms with Crippen molar-refractivity contribution in [2.75, 3.05) is 34.4 Å². The van der Waals surface area contributed by atoms with Crippen LogP contribution in [0.2, 0.25) is 0 Å². The number of carbonyl (C=O) groups excluding carboxylic acids is 4. The fourth-order valence-corrected chi connectivity index (χ4v) is 12.3. The number of alkyl carbamates (subject to hydrolysis) is 1. The lowest BCUT2D eigenvalue weighted by atomic mass is 9.89. The Bertz CT molecular complexity index is 2380. The first kappa shape index (κ1) is 53.6. The van der Waals surface area contributed by atoms with Gasteiger partial charge in [-0.3, -0.25) is 14.4 Å². The fourth-order valence-electron chi connectivity index (χ4n) is 11.3. The first-order chi connectivity index (χ1) is 34.2. The van der Waals surface area contributed by atoms with Crippen LogP contribution in [0.15, 0.2) is 90.4 Å². The summed E-state index contributed by atoms with van der Waals surface area (Å²) in [6.07, 6.45) is 5.50. The third-order valence-corrected chi connectivity index (χ3v) is 16.8. The van der Waals surface area contributed by atoms with Crippen LogP contribution in [0.4, 0.5) is 4.79 Å². The molecule has 15 heteroatoms. The standard InChI is InChI=1S/C56H74N6O7S2/c1-9-36(4)49(46(67-7)33-47(63)62-30-19-26-45(62)50(68-8)37(5)51(70)58-44(52-57-29-31-71-52)32-38-20-11-10-12-21-38)61(6)53(64)48(35(2)3)59-54(65)56(27-17-18-28-56)60-55(66)69-34-43-41-24-15-13-22-39(41)40-23-14-16-25-42(40)43/h10-16,20-25,29,31,35-37,43-46,48-50H,9,17-19,26-28,30,32-34H2,1-8H3,(H,58,70)(H,59,65)(H,60,66)/t36-,37+,44-,45-,46+,48-,49-,50+/m0/s1. The lowest BCUT2D eigenvalue weighted by molar-refractivity contribution is -0.147. The van der Waals surface area contributed by atoms with Crippen LogP contribution in [0.1, 0.15) is 120 Å². The van der Waals surface area contributed by atoms with Crippen molar-refractivity contribution in [3.05, 3.63) is 112 Å². The lowest BCUT2D eigenvalue weighted by Crippen LogP contribution is -2.63. The quantitative estimate of drug-likeness (QED) is 0.0651. The Balaban J connectivity index is 1.00. The molecule has 4 amide bonds. The SMILES string of the molecule is CC[C@H](C)[C@@H]([C@@H](CC(=O)N1CCC[C@H]1[C@H](OC)[C@@H](C)C(=S)N[C@@H](Cc1ccccc1)c1nccs1)OC)N(C)C(=O)[C@@H](NC(=O)C1(NC(=O)OCC2c3ccccc3-c3ccccc32)CCCC1)C(C)C. The van der Waals surface area contributed by atoms with E-state index in [4.69, 9.17) is 26.4 Å². The molecule has 1 aromatic heterocycles. The highest BCUT2D eigenvalue weighted by atomic mass is 32.1. The smallest absolute Gasteiger partial charge is 0.408 e. The molecule has 382 valence electrons. The predicted octanol–water partition coefficient (Wildman–Crippen LogP) is 9.26. The number of ether oxygens (including phenoxy) is 3. The number of hydrogen-bond acceptors (Lipinski definition) is 10. The van der Waals surface area contributed by atoms with Gasteiger partial charge < -0.3 is 40.0 Å². The van der Waals surface area contributed by atoms with Crippen LogP contribution in [0.5, 0.6) is 0 Å². The van der Waals surface area contributed by atoms with E-state index in [0.29, 0.717) is 37.2 Å². The summed E-state index contributed by atoms with van der Waals surface area (Å²) >= 11 is 7.68. The molecule has 13 nitrogen and oxygen atoms in total. The largest absolute Gasteiger partial charge is 0.449 e. The average molecular weight is 1010 g/mol. The van der Waals surface area contributed by atoms with Crippen LogP contribution >= 0.6 is 23.6 Å². The maximum atomic E-state index is 14.8. The summed E-state index contributed by atoms with van der Waals surface area (Å²) < 4.78 is 18.3. The second-order valence-electron chi connectivity index (χ2n) is 20.1. The highest BCUT2D eigenvalue weighted by molar-refractivity contribution is 7.80. The Morgan fingerprint density at radius 3 is 2.13 bits per heavy atom. The molecule has 71 heavy (non-hydrogen) atoms. The number of methoxy groups -OCH3 is 2. The van der Waals surface area contributed by atoms with Crippen molar-refractivity contribution < 1.29 is 33.4 Å². The topological polar surface area (TPSA) is 151 Å². The molecule has 2 heterocycles. The summed E-state index contributed by atoms with van der Waals surface area (Å²) in [5.41, 5.74) is 4.39. The van der Waals surface area contributed by atoms with Crippen LogP contribution in [-0.4, -0.2) is 114 Å². The zero-order valence-electron chi connectivity index (χ0n) is 42.7. The van der Waals surface area contributed by atoms with Gasteiger partial charge in [-0.1, -0.05) is 145 Å². The van der Waals surface area contributed by atoms with Crippen LogP contribution in [0.25, 0.3) is 11.1 Å². The van der Waals surface area contributed by atoms with Gasteiger partial charge in [-0.05, 0) is 71.8 Å². The number of thiocarbonyl (C=S) groups is 1. The van der Waals surface area contributed by atoms with Crippen molar-refractivity contribution in [2.24, 2.45) is 17.8 Å². The molecule has 0 unspecified atom stereocenters. The van der Waals surface area contributed by atoms with Gasteiger partial charge in [0.25, 0.3) is 0 Å². The molecule has 2 aliphatic carbocycles. The molecule has 3 N–H and O–H groups in total. The third kappa shape index (κ3) is 12.2. The Hall–Kier alpha value is -5.22. The second-order valence-corrected chi connectivity index (χ2v) is 21.5. The number of likely N-dealkylation sites (N-methyl/N-ethyl adjacent to an activating group) is 1. The van der Waals surface area contributed by atoms with Gasteiger partial charge in [0.1, 0.15) is 23.2 Å². The summed E-state index contributed by atoms with van der Waals surface area (Å²) in [7, 11) is 5.01. The molecule has 0 radical (unpaired) electrons. The number of nitrogens with one attached hydrogen (secondary N) is 3. The number of rotatable bonds is 22. The molecule has 1 aliphatic heterocycles. The molecular formula is C56H74N6O7S2. The van der Waals surface area contributed by atoms with Crippen LogP contribution in [0.3, 0.4) is 0 Å². The molecule has 7 rings (SSSR count). The molecule has 3 aromatic carbocycles. The fraction of sp³-hybridized carbons (Fsp3) is 0.536. The van der Waals surface area contributed by atoms with E-state index in [1.54, 1.807) is 37.5 Å². The summed E-state index contributed by atoms with van der Waals surface area (Å²) in [6.45, 7) is 10.7. The maximum Gasteiger partial charge on any atom is 0.408 e. The van der Waals surface area contributed by atoms with Crippen LogP contribution in [0, 0.1) is 17.8 Å². The van der Waals surface area contributed by atoms with E-state index >= 15 is 0 Å². The molecule has 0 spiro atoms. The number of amides is 4. The molecule has 2 fully saturated rings. The molecule has 1 saturated carbocycles. The summed E-state index contributed by atoms with van der Waals surface area (Å²) in [5.74, 6) is -1.49. The zero-order valence-corrected chi connectivity index (χ0v) is 44.4. The second kappa shape index (κ2) is 24.5. The van der Waals surface area contributed by atoms with Crippen molar-refractivity contribution in [3.8, 4) is 11.1 Å². The van der Waals surface area contributed by atoms with E-state index in [0.717, 1.165) is 52.9 Å². The Labute approximate surface area is 430 Å². The van der Waals surface area contributed by atoms with Gasteiger partial charge in [-0.25, -0.2) is 9.78 Å². The Kier molecular flexibility index (Phi) is 18.5. The van der Waals surface area contributed by atoms with Gasteiger partial charge in [0, 0.05) is 51.2 Å². The van der Waals surface area contributed by atoms with Crippen molar-refractivity contribution in [3.63, 3.8) is 0 Å². The van der Waals surface area contributed by atoms with E-state index in [1.165, 1.54) is 5.56 Å². The van der Waals surface area contributed by atoms with Crippen molar-refractivity contribution >= 4 is 52.4 Å². The van der Waals surface area contributed by atoms with E-state index in [1.807, 2.05) is 72.8 Å². The lowest BCUT2D eigenvalue weighted by Gasteiger charge is -2.41. The average Bonchev–Trinajstić information content (AvgIpc) is 4.23. The maximum absolute atomic E-state index is 14.8. The van der Waals surface area contributed by atoms with E-state index in [-0.39, 0.29) is 66.7 Å². The zero-order chi connectivity index (χ0) is 50.8. The normalized spacial score (nSPS) is 19.1. The third-order valence-electron chi connectivity index (χ3n) is 15.4. The molecule has 8 atom stereocenters. The number of nitrogens with zero attached hydrogens (tertiary/aromatic N) is 3. The van der Waals surface area contributed by atoms with Crippen LogP contribution < -0.4 is 16.0 Å². The molecule has 0 bridgehead atoms. The Morgan fingerprint density at radius 2 is 1.54 bits per heavy atom. The minimum absolute atomic E-state index is 0.0439. The molecule has 1 saturated heterocycles. The monoisotopic (exact) mass is 1010 g/mol. The van der Waals surface area contributed by atoms with E-state index < -0.39 is 35.7 Å². The highest BCUT2D eigenvalue weighted by Gasteiger charge is 2.47. The summed E-state index contributed by atoms with van der Waals surface area (Å²) in [6, 6.07) is 24.8. The first-order valence-corrected chi connectivity index (χ1v) is 26.8. The van der Waals surface area contributed by atoms with E-state index in [9.17, 15) is 19.2 Å². The van der Waals surface area contributed by atoms with Gasteiger partial charge >= 0.3 is 6.09 Å². The molecule has 4 aromatic rings. The number of likely N-dealkylation sites (tertiary alicyclic amines) is 1. The molecule has 3 aliphatic rings. The number of benzene rings is 3. The first-order valence-electron chi connectivity index (χ1n) is 25.5. The predicted molar refractivity (Wildman–Crippen MR) is 283 cm³/mol. The number of thiazole rings is 1. The number of hydrogen-bond donors (Lipinski definition) is 3. The van der Waals surface area contributed by atoms with E-state index in [2.05, 4.69) is 78.1 Å². The molecular weight excluding hydrogens is 933 g/mol. The summed E-state index contributed by atoms with van der Waals surface area (Å²) in [5, 5.41) is 12.6. The minimum Gasteiger partial charge on any atom is -0.449 e. The van der Waals surface area contributed by atoms with Crippen molar-refractivity contribution in [2.45, 2.75) is 140 Å². The van der Waals surface area contributed by atoms with Gasteiger partial charge in [-0.2, -0.15) is 0 Å². The van der Waals surface area contributed by atoms with Gasteiger partial charge in [0.2, 0.25) is 17.7 Å². The number of fused-ring (bicyclic) bond motifs is 3. The van der Waals surface area contributed by atoms with Crippen molar-refractivity contribution in [1.29, 1.82) is 0 Å². The van der Waals surface area contributed by atoms with Gasteiger partial charge in [-0.15, -0.1) is 11.3 Å². The van der Waals surface area contributed by atoms with Crippen molar-refractivity contribution in [1.82, 2.24) is 30.7 Å². The number of aromatic nitrogens is 1. The van der Waals surface area contributed by atoms with Crippen LogP contribution in [-0.2, 0) is 35.0 Å².